The third-order valence-corrected chi connectivity index (χ3v) is 2.67. The summed E-state index contributed by atoms with van der Waals surface area (Å²) >= 11 is 0. The van der Waals surface area contributed by atoms with Gasteiger partial charge in [-0.2, -0.15) is 22.0 Å². The zero-order valence-electron chi connectivity index (χ0n) is 8.38. The maximum Gasteiger partial charge on any atom is 0.479 e. The minimum absolute atomic E-state index is 0.312. The summed E-state index contributed by atoms with van der Waals surface area (Å²) in [5, 5.41) is 0. The molecule has 0 aromatic rings. The van der Waals surface area contributed by atoms with Crippen LogP contribution in [-0.4, -0.2) is 26.0 Å². The summed E-state index contributed by atoms with van der Waals surface area (Å²) in [4.78, 5) is 0. The minimum atomic E-state index is -5.16. The van der Waals surface area contributed by atoms with Crippen LogP contribution in [0, 0.1) is 0 Å². The van der Waals surface area contributed by atoms with Crippen LogP contribution in [0.5, 0.6) is 0 Å². The standard InChI is InChI=1S/C6H10F5O4P/c1-3-14-16(12,13-2)15-6(10,11)4-5(7,8)9/h3-4H2,1-2H3. The molecule has 10 heteroatoms. The Balaban J connectivity index is 4.61. The number of phosphoric acid groups is 1. The summed E-state index contributed by atoms with van der Waals surface area (Å²) in [6.07, 6.45) is -12.4. The van der Waals surface area contributed by atoms with Crippen molar-refractivity contribution in [1.29, 1.82) is 0 Å². The molecule has 4 nitrogen and oxygen atoms in total. The largest absolute Gasteiger partial charge is 0.479 e. The van der Waals surface area contributed by atoms with Gasteiger partial charge in [0, 0.05) is 7.11 Å². The van der Waals surface area contributed by atoms with Crippen molar-refractivity contribution in [2.45, 2.75) is 25.6 Å². The van der Waals surface area contributed by atoms with Crippen LogP contribution < -0.4 is 0 Å². The van der Waals surface area contributed by atoms with Crippen molar-refractivity contribution in [2.75, 3.05) is 13.7 Å². The Morgan fingerprint density at radius 3 is 2.00 bits per heavy atom. The zero-order valence-corrected chi connectivity index (χ0v) is 9.28. The lowest BCUT2D eigenvalue weighted by Gasteiger charge is -2.22. The lowest BCUT2D eigenvalue weighted by molar-refractivity contribution is -0.261. The highest BCUT2D eigenvalue weighted by molar-refractivity contribution is 7.48. The van der Waals surface area contributed by atoms with Crippen LogP contribution in [0.4, 0.5) is 22.0 Å². The molecule has 0 aliphatic heterocycles. The molecule has 0 amide bonds. The number of hydrogen-bond donors (Lipinski definition) is 0. The molecule has 0 aromatic carbocycles. The Labute approximate surface area is 88.3 Å². The number of alkyl halides is 5. The predicted octanol–water partition coefficient (Wildman–Crippen LogP) is 3.34. The Morgan fingerprint density at radius 2 is 1.69 bits per heavy atom. The van der Waals surface area contributed by atoms with E-state index in [-0.39, 0.29) is 6.61 Å². The van der Waals surface area contributed by atoms with Crippen LogP contribution >= 0.6 is 7.82 Å². The molecule has 0 N–H and O–H groups in total. The highest BCUT2D eigenvalue weighted by atomic mass is 31.2. The van der Waals surface area contributed by atoms with Crippen molar-refractivity contribution in [2.24, 2.45) is 0 Å². The topological polar surface area (TPSA) is 44.8 Å². The monoisotopic (exact) mass is 272 g/mol. The molecule has 0 saturated carbocycles. The first-order valence-electron chi connectivity index (χ1n) is 3.99. The van der Waals surface area contributed by atoms with Crippen LogP contribution in [0.3, 0.4) is 0 Å². The van der Waals surface area contributed by atoms with Gasteiger partial charge in [-0.15, -0.1) is 0 Å². The normalized spacial score (nSPS) is 17.2. The van der Waals surface area contributed by atoms with Crippen molar-refractivity contribution in [3.05, 3.63) is 0 Å². The van der Waals surface area contributed by atoms with Gasteiger partial charge in [0.15, 0.2) is 0 Å². The van der Waals surface area contributed by atoms with Crippen molar-refractivity contribution in [3.8, 4) is 0 Å². The second-order valence-electron chi connectivity index (χ2n) is 2.57. The molecule has 0 fully saturated rings. The summed E-state index contributed by atoms with van der Waals surface area (Å²) in [6.45, 7) is 0.976. The molecule has 0 bridgehead atoms. The Kier molecular flexibility index (Phi) is 5.31. The number of halogens is 5. The molecule has 0 saturated heterocycles. The van der Waals surface area contributed by atoms with E-state index in [0.29, 0.717) is 0 Å². The Hall–Kier alpha value is -0.240. The molecule has 0 aromatic heterocycles. The SMILES string of the molecule is CCOP(=O)(OC)OC(F)(F)CC(F)(F)F. The quantitative estimate of drug-likeness (QED) is 0.549. The highest BCUT2D eigenvalue weighted by Crippen LogP contribution is 2.54. The summed E-state index contributed by atoms with van der Waals surface area (Å²) in [5.41, 5.74) is 0. The lowest BCUT2D eigenvalue weighted by atomic mass is 10.4. The predicted molar refractivity (Wildman–Crippen MR) is 42.9 cm³/mol. The van der Waals surface area contributed by atoms with Crippen molar-refractivity contribution >= 4 is 7.82 Å². The average Bonchev–Trinajstić information content (AvgIpc) is 1.98. The van der Waals surface area contributed by atoms with Gasteiger partial charge >= 0.3 is 20.1 Å². The van der Waals surface area contributed by atoms with Gasteiger partial charge in [-0.1, -0.05) is 0 Å². The van der Waals surface area contributed by atoms with E-state index in [1.165, 1.54) is 6.92 Å². The molecular weight excluding hydrogens is 262 g/mol. The summed E-state index contributed by atoms with van der Waals surface area (Å²) in [7, 11) is -3.94. The third kappa shape index (κ3) is 6.37. The van der Waals surface area contributed by atoms with Gasteiger partial charge in [0.05, 0.1) is 6.61 Å². The second-order valence-corrected chi connectivity index (χ2v) is 4.27. The first-order valence-corrected chi connectivity index (χ1v) is 5.45. The van der Waals surface area contributed by atoms with E-state index >= 15 is 0 Å². The fraction of sp³-hybridized carbons (Fsp3) is 1.00. The molecule has 16 heavy (non-hydrogen) atoms. The van der Waals surface area contributed by atoms with Crippen LogP contribution in [0.1, 0.15) is 13.3 Å². The third-order valence-electron chi connectivity index (χ3n) is 1.16. The molecule has 1 atom stereocenters. The van der Waals surface area contributed by atoms with Crippen molar-refractivity contribution in [1.82, 2.24) is 0 Å². The van der Waals surface area contributed by atoms with E-state index in [2.05, 4.69) is 13.6 Å². The number of phosphoric ester groups is 1. The first kappa shape index (κ1) is 15.8. The smallest absolute Gasteiger partial charge is 0.290 e. The molecule has 0 radical (unpaired) electrons. The summed E-state index contributed by atoms with van der Waals surface area (Å²) in [5.74, 6) is 0. The van der Waals surface area contributed by atoms with Crippen molar-refractivity contribution < 1.29 is 40.1 Å². The molecule has 0 heterocycles. The minimum Gasteiger partial charge on any atom is -0.290 e. The van der Waals surface area contributed by atoms with E-state index < -0.39 is 26.5 Å². The Morgan fingerprint density at radius 1 is 1.19 bits per heavy atom. The maximum absolute atomic E-state index is 12.7. The summed E-state index contributed by atoms with van der Waals surface area (Å²) in [6, 6.07) is 0. The zero-order chi connectivity index (χ0) is 13.0. The van der Waals surface area contributed by atoms with Gasteiger partial charge in [-0.3, -0.25) is 9.05 Å². The van der Waals surface area contributed by atoms with Crippen molar-refractivity contribution in [3.63, 3.8) is 0 Å². The fourth-order valence-corrected chi connectivity index (χ4v) is 1.64. The van der Waals surface area contributed by atoms with Gasteiger partial charge in [0.25, 0.3) is 0 Å². The van der Waals surface area contributed by atoms with E-state index in [4.69, 9.17) is 0 Å². The van der Waals surface area contributed by atoms with Gasteiger partial charge in [0.1, 0.15) is 6.42 Å². The fourth-order valence-electron chi connectivity index (χ4n) is 0.704. The highest BCUT2D eigenvalue weighted by Gasteiger charge is 2.49. The summed E-state index contributed by atoms with van der Waals surface area (Å²) < 4.78 is 83.2. The van der Waals surface area contributed by atoms with Crippen LogP contribution in [0.2, 0.25) is 0 Å². The molecule has 0 aliphatic rings. The van der Waals surface area contributed by atoms with Gasteiger partial charge in [-0.25, -0.2) is 9.09 Å². The van der Waals surface area contributed by atoms with E-state index in [1.54, 1.807) is 0 Å². The molecule has 0 rings (SSSR count). The van der Waals surface area contributed by atoms with Gasteiger partial charge < -0.3 is 0 Å². The maximum atomic E-state index is 12.7. The molecule has 1 unspecified atom stereocenters. The van der Waals surface area contributed by atoms with Gasteiger partial charge in [-0.05, 0) is 6.92 Å². The average molecular weight is 272 g/mol. The lowest BCUT2D eigenvalue weighted by Crippen LogP contribution is -2.28. The van der Waals surface area contributed by atoms with Gasteiger partial charge in [0.2, 0.25) is 0 Å². The Bertz CT molecular complexity index is 266. The van der Waals surface area contributed by atoms with E-state index in [0.717, 1.165) is 7.11 Å². The molecular formula is C6H10F5O4P. The van der Waals surface area contributed by atoms with E-state index in [9.17, 15) is 26.5 Å². The van der Waals surface area contributed by atoms with Crippen LogP contribution in [0.15, 0.2) is 0 Å². The molecule has 98 valence electrons. The number of hydrogen-bond acceptors (Lipinski definition) is 4. The molecule has 0 aliphatic carbocycles. The van der Waals surface area contributed by atoms with E-state index in [1.807, 2.05) is 0 Å². The number of rotatable bonds is 6. The first-order chi connectivity index (χ1) is 7.04. The van der Waals surface area contributed by atoms with Crippen LogP contribution in [-0.2, 0) is 18.1 Å². The molecule has 0 spiro atoms. The van der Waals surface area contributed by atoms with Crippen LogP contribution in [0.25, 0.3) is 0 Å². The second kappa shape index (κ2) is 5.39.